The van der Waals surface area contributed by atoms with Gasteiger partial charge in [0, 0.05) is 0 Å². The highest BCUT2D eigenvalue weighted by molar-refractivity contribution is 6.52. The zero-order chi connectivity index (χ0) is 29.5. The summed E-state index contributed by atoms with van der Waals surface area (Å²) in [5.74, 6) is 0. The molecule has 0 saturated carbocycles. The monoisotopic (exact) mass is 556 g/mol. The summed E-state index contributed by atoms with van der Waals surface area (Å²) in [6.45, 7) is 21.1. The van der Waals surface area contributed by atoms with E-state index in [-0.39, 0.29) is 0 Å². The molecule has 0 saturated heterocycles. The van der Waals surface area contributed by atoms with Crippen LogP contribution >= 0.6 is 0 Å². The summed E-state index contributed by atoms with van der Waals surface area (Å²) in [7, 11) is 0. The summed E-state index contributed by atoms with van der Waals surface area (Å²) in [4.78, 5) is 0. The van der Waals surface area contributed by atoms with Crippen LogP contribution in [0.1, 0.15) is 27.8 Å². The Kier molecular flexibility index (Phi) is 3.77. The Balaban J connectivity index is 1.66. The molecule has 10 aromatic carbocycles. The molecule has 0 heteroatoms. The van der Waals surface area contributed by atoms with Crippen molar-refractivity contribution in [2.45, 2.75) is 27.2 Å². The van der Waals surface area contributed by atoms with Gasteiger partial charge in [-0.1, -0.05) is 92.0 Å². The lowest BCUT2D eigenvalue weighted by Gasteiger charge is -2.29. The summed E-state index contributed by atoms with van der Waals surface area (Å²) in [6.07, 6.45) is 0.885. The minimum atomic E-state index is 0.885. The normalized spacial score (nSPS) is 13.9. The molecule has 0 radical (unpaired) electrons. The van der Waals surface area contributed by atoms with Gasteiger partial charge in [0.2, 0.25) is 0 Å². The first-order valence-corrected chi connectivity index (χ1v) is 15.6. The predicted molar refractivity (Wildman–Crippen MR) is 195 cm³/mol. The van der Waals surface area contributed by atoms with Crippen molar-refractivity contribution in [1.82, 2.24) is 0 Å². The quantitative estimate of drug-likeness (QED) is 0.129. The van der Waals surface area contributed by atoms with Crippen molar-refractivity contribution in [2.24, 2.45) is 0 Å². The molecule has 0 aromatic heterocycles. The molecule has 0 bridgehead atoms. The standard InChI is InChI=1S/C44H28/c1-19-13-14-26-27-10-8-12-29-36-24(6)23(5)35-28-11-7-9-25-16-20(2)30-17-21(3)33-34-22(4)18-32(31(26)15-19)40(38(27)29)42(34)44(36)43(35)41(33)39(30)37(25)28/h7-15,17-18H,2,5-6,16H2,1,3-4H3. The van der Waals surface area contributed by atoms with E-state index in [1.807, 2.05) is 0 Å². The molecule has 1 aliphatic rings. The van der Waals surface area contributed by atoms with Gasteiger partial charge < -0.3 is 0 Å². The molecule has 1 aliphatic carbocycles. The number of allylic oxidation sites excluding steroid dienone is 1. The number of aryl methyl sites for hydroxylation is 3. The summed E-state index contributed by atoms with van der Waals surface area (Å²) >= 11 is 0. The van der Waals surface area contributed by atoms with Gasteiger partial charge >= 0.3 is 0 Å². The van der Waals surface area contributed by atoms with Gasteiger partial charge in [-0.3, -0.25) is 0 Å². The molecule has 10 aromatic rings. The zero-order valence-electron chi connectivity index (χ0n) is 25.2. The Bertz CT molecular complexity index is 3130. The first-order chi connectivity index (χ1) is 21.3. The summed E-state index contributed by atoms with van der Waals surface area (Å²) in [5, 5.41) is 26.4. The fourth-order valence-electron chi connectivity index (χ4n) is 9.68. The van der Waals surface area contributed by atoms with Crippen LogP contribution in [0.3, 0.4) is 0 Å². The highest BCUT2D eigenvalue weighted by atomic mass is 14.3. The summed E-state index contributed by atoms with van der Waals surface area (Å²) in [6, 6.07) is 25.6. The van der Waals surface area contributed by atoms with Crippen LogP contribution in [0, 0.1) is 20.8 Å². The second-order valence-corrected chi connectivity index (χ2v) is 13.6. The van der Waals surface area contributed by atoms with Crippen molar-refractivity contribution in [1.29, 1.82) is 0 Å². The van der Waals surface area contributed by atoms with Crippen molar-refractivity contribution < 1.29 is 0 Å². The highest BCUT2D eigenvalue weighted by Crippen LogP contribution is 2.55. The topological polar surface area (TPSA) is 0 Å². The number of rotatable bonds is 0. The van der Waals surface area contributed by atoms with Crippen LogP contribution in [0.15, 0.2) is 73.3 Å². The fourth-order valence-corrected chi connectivity index (χ4v) is 9.68. The smallest absolute Gasteiger partial charge is 0.0000822 e. The summed E-state index contributed by atoms with van der Waals surface area (Å²) < 4.78 is 0. The third-order valence-electron chi connectivity index (χ3n) is 11.3. The third-order valence-corrected chi connectivity index (χ3v) is 11.3. The maximum absolute atomic E-state index is 4.81. The summed E-state index contributed by atoms with van der Waals surface area (Å²) in [5.41, 5.74) is 7.86. The molecule has 0 nitrogen and oxygen atoms in total. The maximum Gasteiger partial charge on any atom is -0.0000822 e. The lowest BCUT2D eigenvalue weighted by Crippen LogP contribution is -2.25. The molecule has 0 heterocycles. The number of hydrogen-bond donors (Lipinski definition) is 0. The van der Waals surface area contributed by atoms with Gasteiger partial charge in [-0.2, -0.15) is 0 Å². The molecule has 204 valence electrons. The lowest BCUT2D eigenvalue weighted by atomic mass is 9.73. The Morgan fingerprint density at radius 2 is 1.05 bits per heavy atom. The second-order valence-electron chi connectivity index (χ2n) is 13.6. The molecule has 0 amide bonds. The van der Waals surface area contributed by atoms with Crippen molar-refractivity contribution in [2.75, 3.05) is 0 Å². The lowest BCUT2D eigenvalue weighted by molar-refractivity contribution is 1.31. The van der Waals surface area contributed by atoms with E-state index >= 15 is 0 Å². The van der Waals surface area contributed by atoms with Crippen LogP contribution < -0.4 is 10.4 Å². The average Bonchev–Trinajstić information content (AvgIpc) is 3.01. The first kappa shape index (κ1) is 23.3. The van der Waals surface area contributed by atoms with Crippen LogP contribution in [0.25, 0.3) is 116 Å². The molecule has 11 rings (SSSR count). The maximum atomic E-state index is 4.81. The van der Waals surface area contributed by atoms with Crippen molar-refractivity contribution >= 4 is 116 Å². The molecule has 0 fully saturated rings. The van der Waals surface area contributed by atoms with Gasteiger partial charge in [0.15, 0.2) is 0 Å². The first-order valence-electron chi connectivity index (χ1n) is 15.6. The van der Waals surface area contributed by atoms with Crippen LogP contribution in [0.5, 0.6) is 0 Å². The van der Waals surface area contributed by atoms with Gasteiger partial charge in [0.1, 0.15) is 0 Å². The van der Waals surface area contributed by atoms with Crippen molar-refractivity contribution in [3.63, 3.8) is 0 Å². The van der Waals surface area contributed by atoms with Gasteiger partial charge in [0.05, 0.1) is 0 Å². The van der Waals surface area contributed by atoms with E-state index in [0.717, 1.165) is 16.9 Å². The average molecular weight is 557 g/mol. The highest BCUT2D eigenvalue weighted by Gasteiger charge is 2.30. The Morgan fingerprint density at radius 1 is 0.432 bits per heavy atom. The largest absolute Gasteiger partial charge is 0.0949 e. The molecule has 0 N–H and O–H groups in total. The molecule has 44 heavy (non-hydrogen) atoms. The number of fused-ring (bicyclic) bond motifs is 6. The molecular formula is C44H28. The van der Waals surface area contributed by atoms with E-state index in [2.05, 4.69) is 94.1 Å². The Labute approximate surface area is 253 Å². The predicted octanol–water partition coefficient (Wildman–Crippen LogP) is 10.7. The molecule has 0 spiro atoms. The zero-order valence-corrected chi connectivity index (χ0v) is 25.2. The Hall–Kier alpha value is -5.20. The number of hydrogen-bond acceptors (Lipinski definition) is 0. The minimum absolute atomic E-state index is 0.885. The van der Waals surface area contributed by atoms with Crippen LogP contribution in [0.2, 0.25) is 0 Å². The number of benzene rings is 10. The SMILES string of the molecule is C=C1Cc2cccc3c2c2c1cc(C)c1c4c(C)cc5c6cc(C)ccc6c6cccc7c8c(=C)c(=C)c3c(c21)c8c4c5c67. The van der Waals surface area contributed by atoms with E-state index in [4.69, 9.17) is 13.2 Å². The van der Waals surface area contributed by atoms with Gasteiger partial charge in [-0.15, -0.1) is 0 Å². The van der Waals surface area contributed by atoms with Gasteiger partial charge in [0.25, 0.3) is 0 Å². The van der Waals surface area contributed by atoms with E-state index in [9.17, 15) is 0 Å². The van der Waals surface area contributed by atoms with Crippen LogP contribution in [0.4, 0.5) is 0 Å². The van der Waals surface area contributed by atoms with Gasteiger partial charge in [-0.25, -0.2) is 0 Å². The van der Waals surface area contributed by atoms with Crippen molar-refractivity contribution in [3.8, 4) is 0 Å². The van der Waals surface area contributed by atoms with E-state index < -0.39 is 0 Å². The molecule has 0 atom stereocenters. The van der Waals surface area contributed by atoms with E-state index in [1.54, 1.807) is 0 Å². The Morgan fingerprint density at radius 3 is 1.80 bits per heavy atom. The molecule has 0 aliphatic heterocycles. The van der Waals surface area contributed by atoms with E-state index in [0.29, 0.717) is 0 Å². The van der Waals surface area contributed by atoms with Crippen LogP contribution in [-0.2, 0) is 6.42 Å². The minimum Gasteiger partial charge on any atom is -0.0949 e. The fraction of sp³-hybridized carbons (Fsp3) is 0.0909. The van der Waals surface area contributed by atoms with Crippen LogP contribution in [-0.4, -0.2) is 0 Å². The molecule has 0 unspecified atom stereocenters. The van der Waals surface area contributed by atoms with Gasteiger partial charge in [-0.05, 0) is 162 Å². The van der Waals surface area contributed by atoms with Crippen molar-refractivity contribution in [3.05, 3.63) is 112 Å². The van der Waals surface area contributed by atoms with E-state index in [1.165, 1.54) is 130 Å². The third kappa shape index (κ3) is 2.28. The molecular weight excluding hydrogens is 528 g/mol. The second kappa shape index (κ2) is 7.12.